The van der Waals surface area contributed by atoms with Crippen LogP contribution in [0.3, 0.4) is 0 Å². The standard InChI is InChI=1S/C8H12NO4/c1-3-4-7(6-9(11)12)5-8(10)13-2/h3-4,7H,1,5-6H2,2H3/t7-/m0/s1. The number of ether oxygens (including phenoxy) is 1. The molecule has 0 heterocycles. The van der Waals surface area contributed by atoms with E-state index in [2.05, 4.69) is 11.7 Å². The van der Waals surface area contributed by atoms with E-state index >= 15 is 0 Å². The maximum atomic E-state index is 10.8. The molecule has 0 saturated carbocycles. The van der Waals surface area contributed by atoms with Gasteiger partial charge in [-0.15, -0.1) is 0 Å². The molecule has 1 atom stereocenters. The summed E-state index contributed by atoms with van der Waals surface area (Å²) in [6.45, 7) is 3.13. The van der Waals surface area contributed by atoms with Crippen LogP contribution >= 0.6 is 0 Å². The molecule has 0 rings (SSSR count). The molecule has 0 bridgehead atoms. The molecule has 0 N–H and O–H groups in total. The van der Waals surface area contributed by atoms with Gasteiger partial charge in [0.1, 0.15) is 0 Å². The Balaban J connectivity index is 3.93. The lowest BCUT2D eigenvalue weighted by molar-refractivity contribution is -0.486. The molecule has 0 fully saturated rings. The zero-order chi connectivity index (χ0) is 10.3. The zero-order valence-corrected chi connectivity index (χ0v) is 7.43. The average molecular weight is 186 g/mol. The minimum atomic E-state index is -0.465. The van der Waals surface area contributed by atoms with Crippen molar-refractivity contribution < 1.29 is 14.5 Å². The molecule has 0 aromatic heterocycles. The van der Waals surface area contributed by atoms with Crippen LogP contribution in [0.1, 0.15) is 6.42 Å². The van der Waals surface area contributed by atoms with Gasteiger partial charge >= 0.3 is 5.97 Å². The molecule has 0 aromatic carbocycles. The summed E-state index contributed by atoms with van der Waals surface area (Å²) in [4.78, 5) is 20.5. The molecular weight excluding hydrogens is 174 g/mol. The Labute approximate surface area is 77.2 Å². The molecule has 73 valence electrons. The van der Waals surface area contributed by atoms with Gasteiger partial charge in [-0.3, -0.25) is 14.9 Å². The van der Waals surface area contributed by atoms with Gasteiger partial charge in [0.2, 0.25) is 6.54 Å². The SMILES string of the molecule is [CH2][CH][CH][C@@H](CC(=O)OC)C[N+](=O)[O-]. The topological polar surface area (TPSA) is 69.4 Å². The number of nitro groups is 1. The number of methoxy groups -OCH3 is 1. The second-order valence-electron chi connectivity index (χ2n) is 2.48. The van der Waals surface area contributed by atoms with Crippen LogP contribution in [-0.2, 0) is 9.53 Å². The van der Waals surface area contributed by atoms with Gasteiger partial charge in [-0.05, 0) is 19.8 Å². The van der Waals surface area contributed by atoms with Crippen molar-refractivity contribution >= 4 is 5.97 Å². The summed E-state index contributed by atoms with van der Waals surface area (Å²) in [7, 11) is 1.25. The molecule has 0 aromatic rings. The van der Waals surface area contributed by atoms with Crippen LogP contribution in [0.25, 0.3) is 0 Å². The fourth-order valence-corrected chi connectivity index (χ4v) is 0.875. The lowest BCUT2D eigenvalue weighted by atomic mass is 10.0. The summed E-state index contributed by atoms with van der Waals surface area (Å²) in [5, 5.41) is 10.2. The van der Waals surface area contributed by atoms with E-state index in [1.807, 2.05) is 0 Å². The third-order valence-electron chi connectivity index (χ3n) is 1.45. The van der Waals surface area contributed by atoms with Gasteiger partial charge in [-0.25, -0.2) is 0 Å². The smallest absolute Gasteiger partial charge is 0.306 e. The predicted molar refractivity (Wildman–Crippen MR) is 45.9 cm³/mol. The lowest BCUT2D eigenvalue weighted by Gasteiger charge is -2.08. The Morgan fingerprint density at radius 1 is 1.77 bits per heavy atom. The number of nitrogens with zero attached hydrogens (tertiary/aromatic N) is 1. The second-order valence-corrected chi connectivity index (χ2v) is 2.48. The summed E-state index contributed by atoms with van der Waals surface area (Å²) in [6.07, 6.45) is 2.99. The van der Waals surface area contributed by atoms with E-state index in [4.69, 9.17) is 0 Å². The van der Waals surface area contributed by atoms with Crippen LogP contribution in [0.5, 0.6) is 0 Å². The highest BCUT2D eigenvalue weighted by atomic mass is 16.6. The second kappa shape index (κ2) is 6.39. The minimum Gasteiger partial charge on any atom is -0.469 e. The van der Waals surface area contributed by atoms with Crippen molar-refractivity contribution in [2.75, 3.05) is 13.7 Å². The van der Waals surface area contributed by atoms with Gasteiger partial charge in [-0.1, -0.05) is 0 Å². The van der Waals surface area contributed by atoms with Gasteiger partial charge in [0.25, 0.3) is 0 Å². The van der Waals surface area contributed by atoms with Crippen LogP contribution in [0.15, 0.2) is 0 Å². The molecule has 5 nitrogen and oxygen atoms in total. The number of carbonyl (C=O) groups is 1. The average Bonchev–Trinajstić information content (AvgIpc) is 2.03. The van der Waals surface area contributed by atoms with E-state index in [-0.39, 0.29) is 13.0 Å². The Morgan fingerprint density at radius 3 is 2.77 bits per heavy atom. The highest BCUT2D eigenvalue weighted by Gasteiger charge is 2.18. The van der Waals surface area contributed by atoms with Crippen molar-refractivity contribution in [2.24, 2.45) is 5.92 Å². The third-order valence-corrected chi connectivity index (χ3v) is 1.45. The van der Waals surface area contributed by atoms with Crippen molar-refractivity contribution in [3.05, 3.63) is 29.9 Å². The van der Waals surface area contributed by atoms with Crippen molar-refractivity contribution in [1.82, 2.24) is 0 Å². The van der Waals surface area contributed by atoms with Crippen LogP contribution in [-0.4, -0.2) is 24.5 Å². The van der Waals surface area contributed by atoms with Crippen molar-refractivity contribution in [1.29, 1.82) is 0 Å². The maximum Gasteiger partial charge on any atom is 0.306 e. The Morgan fingerprint density at radius 2 is 2.38 bits per heavy atom. The first-order chi connectivity index (χ1) is 6.10. The fraction of sp³-hybridized carbons (Fsp3) is 0.500. The summed E-state index contributed by atoms with van der Waals surface area (Å²) in [6, 6.07) is 0. The van der Waals surface area contributed by atoms with Gasteiger partial charge in [0.05, 0.1) is 13.5 Å². The van der Waals surface area contributed by atoms with E-state index in [1.54, 1.807) is 0 Å². The first-order valence-corrected chi connectivity index (χ1v) is 3.74. The Hall–Kier alpha value is -1.13. The molecule has 0 amide bonds. The largest absolute Gasteiger partial charge is 0.469 e. The van der Waals surface area contributed by atoms with Crippen LogP contribution in [0, 0.1) is 35.8 Å². The van der Waals surface area contributed by atoms with Gasteiger partial charge in [0, 0.05) is 10.8 Å². The molecule has 0 unspecified atom stereocenters. The quantitative estimate of drug-likeness (QED) is 0.347. The number of hydrogen-bond donors (Lipinski definition) is 0. The molecule has 3 radical (unpaired) electrons. The molecule has 5 heteroatoms. The molecular formula is C8H12NO4. The first-order valence-electron chi connectivity index (χ1n) is 3.74. The van der Waals surface area contributed by atoms with Gasteiger partial charge < -0.3 is 4.74 Å². The van der Waals surface area contributed by atoms with Crippen molar-refractivity contribution in [3.8, 4) is 0 Å². The molecule has 13 heavy (non-hydrogen) atoms. The fourth-order valence-electron chi connectivity index (χ4n) is 0.875. The number of esters is 1. The van der Waals surface area contributed by atoms with E-state index < -0.39 is 16.8 Å². The number of rotatable bonds is 6. The molecule has 0 aliphatic heterocycles. The van der Waals surface area contributed by atoms with Crippen LogP contribution in [0.2, 0.25) is 0 Å². The van der Waals surface area contributed by atoms with Crippen LogP contribution < -0.4 is 0 Å². The van der Waals surface area contributed by atoms with Crippen molar-refractivity contribution in [2.45, 2.75) is 6.42 Å². The highest BCUT2D eigenvalue weighted by Crippen LogP contribution is 2.10. The van der Waals surface area contributed by atoms with Crippen LogP contribution in [0.4, 0.5) is 0 Å². The normalized spacial score (nSPS) is 12.2. The molecule has 0 spiro atoms. The summed E-state index contributed by atoms with van der Waals surface area (Å²) < 4.78 is 4.39. The maximum absolute atomic E-state index is 10.8. The highest BCUT2D eigenvalue weighted by molar-refractivity contribution is 5.69. The van der Waals surface area contributed by atoms with E-state index in [0.717, 1.165) is 0 Å². The van der Waals surface area contributed by atoms with Gasteiger partial charge in [0.15, 0.2) is 0 Å². The van der Waals surface area contributed by atoms with Gasteiger partial charge in [-0.2, -0.15) is 0 Å². The first kappa shape index (κ1) is 11.9. The summed E-state index contributed by atoms with van der Waals surface area (Å²) in [5.74, 6) is -0.884. The van der Waals surface area contributed by atoms with E-state index in [9.17, 15) is 14.9 Å². The van der Waals surface area contributed by atoms with E-state index in [0.29, 0.717) is 0 Å². The molecule has 0 saturated heterocycles. The Kier molecular flexibility index (Phi) is 5.84. The predicted octanol–water partition coefficient (Wildman–Crippen LogP) is 0.685. The monoisotopic (exact) mass is 186 g/mol. The molecule has 0 aliphatic carbocycles. The Bertz CT molecular complexity index is 181. The van der Waals surface area contributed by atoms with Crippen molar-refractivity contribution in [3.63, 3.8) is 0 Å². The summed E-state index contributed by atoms with van der Waals surface area (Å²) >= 11 is 0. The number of hydrogen-bond acceptors (Lipinski definition) is 4. The van der Waals surface area contributed by atoms with E-state index in [1.165, 1.54) is 20.0 Å². The summed E-state index contributed by atoms with van der Waals surface area (Å²) in [5.41, 5.74) is 0. The third kappa shape index (κ3) is 6.07. The number of carbonyl (C=O) groups excluding carboxylic acids is 1. The minimum absolute atomic E-state index is 0.0174. The lowest BCUT2D eigenvalue weighted by Crippen LogP contribution is -2.19. The zero-order valence-electron chi connectivity index (χ0n) is 7.43. The molecule has 0 aliphatic rings.